The second-order valence-electron chi connectivity index (χ2n) is 4.13. The van der Waals surface area contributed by atoms with Gasteiger partial charge in [0.1, 0.15) is 0 Å². The van der Waals surface area contributed by atoms with E-state index >= 15 is 0 Å². The molecule has 0 aliphatic carbocycles. The molecule has 0 amide bonds. The van der Waals surface area contributed by atoms with Crippen LogP contribution in [0, 0.1) is 0 Å². The summed E-state index contributed by atoms with van der Waals surface area (Å²) in [5.41, 5.74) is 7.25. The standard InChI is InChI=1S/C14H22N4/c1-17-14(13-8-4-2-5-9-13)12-18(16)11-7-3-6-10-15/h2,4-5,8-9,12H,1,3,6-7,10-11,15-16H2/b14-12-. The van der Waals surface area contributed by atoms with Crippen LogP contribution < -0.4 is 11.6 Å². The Morgan fingerprint density at radius 2 is 1.94 bits per heavy atom. The summed E-state index contributed by atoms with van der Waals surface area (Å²) in [6, 6.07) is 9.88. The van der Waals surface area contributed by atoms with Crippen molar-refractivity contribution in [2.75, 3.05) is 13.1 Å². The maximum Gasteiger partial charge on any atom is 0.0867 e. The molecule has 0 aromatic heterocycles. The van der Waals surface area contributed by atoms with Gasteiger partial charge in [0.2, 0.25) is 0 Å². The Labute approximate surface area is 109 Å². The van der Waals surface area contributed by atoms with E-state index in [1.807, 2.05) is 36.5 Å². The average Bonchev–Trinajstić information content (AvgIpc) is 2.42. The van der Waals surface area contributed by atoms with Crippen molar-refractivity contribution in [3.05, 3.63) is 42.1 Å². The van der Waals surface area contributed by atoms with Gasteiger partial charge in [-0.1, -0.05) is 36.8 Å². The van der Waals surface area contributed by atoms with Gasteiger partial charge in [-0.05, 0) is 26.1 Å². The number of hydrogen-bond acceptors (Lipinski definition) is 4. The number of aliphatic imine (C=N–C) groups is 1. The third kappa shape index (κ3) is 5.12. The van der Waals surface area contributed by atoms with Crippen molar-refractivity contribution >= 4 is 12.4 Å². The summed E-state index contributed by atoms with van der Waals surface area (Å²) in [4.78, 5) is 4.01. The highest BCUT2D eigenvalue weighted by Gasteiger charge is 2.00. The maximum atomic E-state index is 5.91. The van der Waals surface area contributed by atoms with Gasteiger partial charge in [0, 0.05) is 18.3 Å². The van der Waals surface area contributed by atoms with Gasteiger partial charge in [-0.15, -0.1) is 0 Å². The third-order valence-electron chi connectivity index (χ3n) is 2.65. The lowest BCUT2D eigenvalue weighted by atomic mass is 10.2. The van der Waals surface area contributed by atoms with Gasteiger partial charge in [-0.3, -0.25) is 4.99 Å². The molecule has 1 aromatic carbocycles. The number of rotatable bonds is 8. The molecule has 18 heavy (non-hydrogen) atoms. The predicted octanol–water partition coefficient (Wildman–Crippen LogP) is 1.99. The van der Waals surface area contributed by atoms with Crippen LogP contribution >= 0.6 is 0 Å². The first kappa shape index (κ1) is 14.4. The SMILES string of the molecule is C=N/C(=C\N(N)CCCCCN)c1ccccc1. The van der Waals surface area contributed by atoms with Crippen LogP contribution in [0.25, 0.3) is 5.70 Å². The van der Waals surface area contributed by atoms with Crippen molar-refractivity contribution in [3.8, 4) is 0 Å². The number of hydrogen-bond donors (Lipinski definition) is 2. The van der Waals surface area contributed by atoms with Crippen molar-refractivity contribution in [1.82, 2.24) is 5.01 Å². The zero-order valence-corrected chi connectivity index (χ0v) is 10.8. The summed E-state index contributed by atoms with van der Waals surface area (Å²) in [5, 5.41) is 1.66. The number of nitrogens with two attached hydrogens (primary N) is 2. The summed E-state index contributed by atoms with van der Waals surface area (Å²) in [5.74, 6) is 5.91. The molecule has 0 fully saturated rings. The van der Waals surface area contributed by atoms with E-state index in [2.05, 4.69) is 11.7 Å². The smallest absolute Gasteiger partial charge is 0.0867 e. The second-order valence-corrected chi connectivity index (χ2v) is 4.13. The Balaban J connectivity index is 2.54. The summed E-state index contributed by atoms with van der Waals surface area (Å²) in [6.45, 7) is 5.12. The molecule has 4 heteroatoms. The monoisotopic (exact) mass is 246 g/mol. The molecule has 0 spiro atoms. The summed E-state index contributed by atoms with van der Waals surface area (Å²) in [6.07, 6.45) is 5.00. The van der Waals surface area contributed by atoms with Crippen LogP contribution in [0.5, 0.6) is 0 Å². The molecule has 0 aliphatic heterocycles. The summed E-state index contributed by atoms with van der Waals surface area (Å²) < 4.78 is 0. The number of nitrogens with zero attached hydrogens (tertiary/aromatic N) is 2. The van der Waals surface area contributed by atoms with E-state index in [1.165, 1.54) is 0 Å². The van der Waals surface area contributed by atoms with Gasteiger partial charge in [-0.25, -0.2) is 5.84 Å². The average molecular weight is 246 g/mol. The van der Waals surface area contributed by atoms with Crippen molar-refractivity contribution < 1.29 is 0 Å². The lowest BCUT2D eigenvalue weighted by Gasteiger charge is -2.14. The number of hydrazine groups is 1. The highest BCUT2D eigenvalue weighted by Crippen LogP contribution is 2.14. The van der Waals surface area contributed by atoms with Gasteiger partial charge in [0.15, 0.2) is 0 Å². The van der Waals surface area contributed by atoms with Crippen molar-refractivity contribution in [2.45, 2.75) is 19.3 Å². The molecule has 4 N–H and O–H groups in total. The van der Waals surface area contributed by atoms with Gasteiger partial charge in [0.05, 0.1) is 5.70 Å². The highest BCUT2D eigenvalue weighted by atomic mass is 15.4. The zero-order valence-electron chi connectivity index (χ0n) is 10.8. The molecular weight excluding hydrogens is 224 g/mol. The normalized spacial score (nSPS) is 11.3. The van der Waals surface area contributed by atoms with E-state index < -0.39 is 0 Å². The molecule has 0 aliphatic rings. The van der Waals surface area contributed by atoms with E-state index in [0.29, 0.717) is 0 Å². The molecule has 0 heterocycles. The fourth-order valence-corrected chi connectivity index (χ4v) is 1.65. The van der Waals surface area contributed by atoms with Gasteiger partial charge in [-0.2, -0.15) is 0 Å². The molecule has 0 atom stereocenters. The van der Waals surface area contributed by atoms with E-state index in [9.17, 15) is 0 Å². The number of unbranched alkanes of at least 4 members (excludes halogenated alkanes) is 2. The van der Waals surface area contributed by atoms with Gasteiger partial charge < -0.3 is 10.7 Å². The van der Waals surface area contributed by atoms with Crippen molar-refractivity contribution in [1.29, 1.82) is 0 Å². The molecule has 4 nitrogen and oxygen atoms in total. The highest BCUT2D eigenvalue weighted by molar-refractivity contribution is 5.67. The summed E-state index contributed by atoms with van der Waals surface area (Å²) in [7, 11) is 0. The van der Waals surface area contributed by atoms with Crippen LogP contribution in [0.3, 0.4) is 0 Å². The van der Waals surface area contributed by atoms with Crippen molar-refractivity contribution in [2.24, 2.45) is 16.6 Å². The first-order valence-corrected chi connectivity index (χ1v) is 6.23. The van der Waals surface area contributed by atoms with E-state index in [0.717, 1.165) is 43.6 Å². The Kier molecular flexibility index (Phi) is 6.76. The van der Waals surface area contributed by atoms with E-state index in [4.69, 9.17) is 11.6 Å². The maximum absolute atomic E-state index is 5.91. The molecule has 0 saturated carbocycles. The lowest BCUT2D eigenvalue weighted by Crippen LogP contribution is -2.26. The minimum absolute atomic E-state index is 0.740. The van der Waals surface area contributed by atoms with Crippen LogP contribution in [0.4, 0.5) is 0 Å². The fourth-order valence-electron chi connectivity index (χ4n) is 1.65. The van der Waals surface area contributed by atoms with Crippen LogP contribution in [0.1, 0.15) is 24.8 Å². The fraction of sp³-hybridized carbons (Fsp3) is 0.357. The molecule has 98 valence electrons. The van der Waals surface area contributed by atoms with Crippen molar-refractivity contribution in [3.63, 3.8) is 0 Å². The molecule has 0 radical (unpaired) electrons. The minimum atomic E-state index is 0.740. The Hall–Kier alpha value is -1.65. The largest absolute Gasteiger partial charge is 0.330 e. The molecule has 0 bridgehead atoms. The summed E-state index contributed by atoms with van der Waals surface area (Å²) >= 11 is 0. The topological polar surface area (TPSA) is 67.6 Å². The molecular formula is C14H22N4. The Bertz CT molecular complexity index is 373. The van der Waals surface area contributed by atoms with E-state index in [-0.39, 0.29) is 0 Å². The lowest BCUT2D eigenvalue weighted by molar-refractivity contribution is 0.379. The minimum Gasteiger partial charge on any atom is -0.330 e. The van der Waals surface area contributed by atoms with E-state index in [1.54, 1.807) is 5.01 Å². The Morgan fingerprint density at radius 3 is 2.56 bits per heavy atom. The molecule has 0 saturated heterocycles. The molecule has 1 aromatic rings. The second kappa shape index (κ2) is 8.44. The van der Waals surface area contributed by atoms with Crippen LogP contribution in [-0.4, -0.2) is 24.8 Å². The molecule has 0 unspecified atom stereocenters. The van der Waals surface area contributed by atoms with Crippen LogP contribution in [0.2, 0.25) is 0 Å². The Morgan fingerprint density at radius 1 is 1.22 bits per heavy atom. The molecule has 1 rings (SSSR count). The number of benzene rings is 1. The van der Waals surface area contributed by atoms with Crippen LogP contribution in [0.15, 0.2) is 41.5 Å². The van der Waals surface area contributed by atoms with Crippen LogP contribution in [-0.2, 0) is 0 Å². The first-order valence-electron chi connectivity index (χ1n) is 6.23. The third-order valence-corrected chi connectivity index (χ3v) is 2.65. The van der Waals surface area contributed by atoms with Gasteiger partial charge >= 0.3 is 0 Å². The van der Waals surface area contributed by atoms with Gasteiger partial charge in [0.25, 0.3) is 0 Å². The first-order chi connectivity index (χ1) is 8.77. The quantitative estimate of drug-likeness (QED) is 0.319. The predicted molar refractivity (Wildman–Crippen MR) is 77.8 cm³/mol. The zero-order chi connectivity index (χ0) is 13.2.